The molecule has 0 amide bonds. The molecule has 0 saturated heterocycles. The normalized spacial score (nSPS) is 10.5. The summed E-state index contributed by atoms with van der Waals surface area (Å²) in [6.07, 6.45) is 8.82. The van der Waals surface area contributed by atoms with Gasteiger partial charge in [-0.3, -0.25) is 0 Å². The van der Waals surface area contributed by atoms with Crippen molar-refractivity contribution in [3.63, 3.8) is 0 Å². The summed E-state index contributed by atoms with van der Waals surface area (Å²) in [6.45, 7) is 6.20. The number of nitrogens with one attached hydrogen (secondary N) is 2. The molecule has 1 aromatic heterocycles. The van der Waals surface area contributed by atoms with Gasteiger partial charge in [0.25, 0.3) is 0 Å². The van der Waals surface area contributed by atoms with Crippen LogP contribution in [0.5, 0.6) is 0 Å². The van der Waals surface area contributed by atoms with E-state index < -0.39 is 0 Å². The largest absolute Gasteiger partial charge is 0.370 e. The molecule has 4 N–H and O–H groups in total. The fourth-order valence-corrected chi connectivity index (χ4v) is 2.02. The Morgan fingerprint density at radius 3 is 2.10 bits per heavy atom. The van der Waals surface area contributed by atoms with Crippen LogP contribution in [-0.2, 0) is 0 Å². The average molecular weight is 279 g/mol. The Morgan fingerprint density at radius 2 is 1.45 bits per heavy atom. The van der Waals surface area contributed by atoms with E-state index >= 15 is 0 Å². The second-order valence-electron chi connectivity index (χ2n) is 5.12. The zero-order valence-electron chi connectivity index (χ0n) is 12.9. The van der Waals surface area contributed by atoms with Crippen LogP contribution in [0.3, 0.4) is 0 Å². The number of aromatic nitrogens is 2. The number of nitrogens with two attached hydrogens (primary N) is 1. The first kappa shape index (κ1) is 16.5. The maximum absolute atomic E-state index is 5.71. The first-order valence-corrected chi connectivity index (χ1v) is 7.88. The maximum atomic E-state index is 5.71. The Hall–Kier alpha value is -1.52. The highest BCUT2D eigenvalue weighted by Gasteiger charge is 2.01. The summed E-state index contributed by atoms with van der Waals surface area (Å²) in [6, 6.07) is 1.92. The van der Waals surface area contributed by atoms with Gasteiger partial charge in [0, 0.05) is 19.2 Å². The molecule has 0 aliphatic rings. The van der Waals surface area contributed by atoms with Gasteiger partial charge in [0.2, 0.25) is 5.95 Å². The monoisotopic (exact) mass is 279 g/mol. The number of hydrogen-bond donors (Lipinski definition) is 3. The van der Waals surface area contributed by atoms with E-state index in [9.17, 15) is 0 Å². The van der Waals surface area contributed by atoms with Crippen molar-refractivity contribution in [2.24, 2.45) is 0 Å². The molecule has 0 aliphatic carbocycles. The predicted molar refractivity (Wildman–Crippen MR) is 87.1 cm³/mol. The van der Waals surface area contributed by atoms with Crippen LogP contribution in [0.1, 0.15) is 58.8 Å². The molecule has 0 unspecified atom stereocenters. The Balaban J connectivity index is 2.26. The van der Waals surface area contributed by atoms with Gasteiger partial charge in [-0.1, -0.05) is 46.0 Å². The molecule has 0 radical (unpaired) electrons. The minimum absolute atomic E-state index is 0.316. The molecule has 1 heterocycles. The van der Waals surface area contributed by atoms with Crippen molar-refractivity contribution in [2.75, 3.05) is 29.5 Å². The lowest BCUT2D eigenvalue weighted by atomic mass is 10.1. The van der Waals surface area contributed by atoms with Gasteiger partial charge in [-0.2, -0.15) is 9.97 Å². The van der Waals surface area contributed by atoms with Gasteiger partial charge in [-0.25, -0.2) is 0 Å². The van der Waals surface area contributed by atoms with Crippen molar-refractivity contribution in [3.05, 3.63) is 6.07 Å². The molecule has 0 aliphatic heterocycles. The van der Waals surface area contributed by atoms with E-state index in [2.05, 4.69) is 34.4 Å². The van der Waals surface area contributed by atoms with Crippen molar-refractivity contribution < 1.29 is 0 Å². The smallest absolute Gasteiger partial charge is 0.223 e. The molecule has 0 spiro atoms. The van der Waals surface area contributed by atoms with Crippen LogP contribution in [0.4, 0.5) is 17.6 Å². The predicted octanol–water partition coefficient (Wildman–Crippen LogP) is 3.65. The van der Waals surface area contributed by atoms with Gasteiger partial charge in [0.15, 0.2) is 0 Å². The first-order valence-electron chi connectivity index (χ1n) is 7.88. The van der Waals surface area contributed by atoms with E-state index in [-0.39, 0.29) is 0 Å². The lowest BCUT2D eigenvalue weighted by molar-refractivity contribution is 0.617. The molecule has 0 bridgehead atoms. The molecule has 0 atom stereocenters. The summed E-state index contributed by atoms with van der Waals surface area (Å²) >= 11 is 0. The molecule has 1 aromatic rings. The summed E-state index contributed by atoms with van der Waals surface area (Å²) in [5.41, 5.74) is 5.71. The summed E-state index contributed by atoms with van der Waals surface area (Å²) in [5.74, 6) is 1.92. The minimum atomic E-state index is 0.316. The SMILES string of the molecule is CCCCCCCCNc1cc(NCCC)nc(N)n1. The standard InChI is InChI=1S/C15H29N5/c1-3-5-6-7-8-9-11-18-14-12-13(17-10-4-2)19-15(16)20-14/h12H,3-11H2,1-2H3,(H4,16,17,18,19,20). The molecule has 114 valence electrons. The van der Waals surface area contributed by atoms with Crippen molar-refractivity contribution >= 4 is 17.6 Å². The molecular weight excluding hydrogens is 250 g/mol. The van der Waals surface area contributed by atoms with Crippen LogP contribution in [-0.4, -0.2) is 23.1 Å². The number of hydrogen-bond acceptors (Lipinski definition) is 5. The first-order chi connectivity index (χ1) is 9.76. The molecular formula is C15H29N5. The van der Waals surface area contributed by atoms with E-state index in [0.29, 0.717) is 5.95 Å². The molecule has 0 fully saturated rings. The highest BCUT2D eigenvalue weighted by Crippen LogP contribution is 2.13. The number of anilines is 3. The third-order valence-corrected chi connectivity index (χ3v) is 3.14. The summed E-state index contributed by atoms with van der Waals surface area (Å²) in [5, 5.41) is 6.55. The van der Waals surface area contributed by atoms with E-state index in [1.807, 2.05) is 6.07 Å². The van der Waals surface area contributed by atoms with Crippen LogP contribution in [0.2, 0.25) is 0 Å². The second kappa shape index (κ2) is 10.3. The Morgan fingerprint density at radius 1 is 0.850 bits per heavy atom. The van der Waals surface area contributed by atoms with E-state index in [1.165, 1.54) is 38.5 Å². The quantitative estimate of drug-likeness (QED) is 0.539. The van der Waals surface area contributed by atoms with Gasteiger partial charge in [0.05, 0.1) is 0 Å². The van der Waals surface area contributed by atoms with Crippen molar-refractivity contribution in [2.45, 2.75) is 58.8 Å². The Labute approximate surface area is 122 Å². The Kier molecular flexibility index (Phi) is 8.51. The maximum Gasteiger partial charge on any atom is 0.223 e. The molecule has 1 rings (SSSR count). The lowest BCUT2D eigenvalue weighted by Crippen LogP contribution is -2.09. The van der Waals surface area contributed by atoms with Gasteiger partial charge in [0.1, 0.15) is 11.6 Å². The van der Waals surface area contributed by atoms with Gasteiger partial charge in [-0.15, -0.1) is 0 Å². The fraction of sp³-hybridized carbons (Fsp3) is 0.733. The van der Waals surface area contributed by atoms with E-state index in [4.69, 9.17) is 5.73 Å². The lowest BCUT2D eigenvalue weighted by Gasteiger charge is -2.09. The van der Waals surface area contributed by atoms with Crippen molar-refractivity contribution in [1.82, 2.24) is 9.97 Å². The molecule has 20 heavy (non-hydrogen) atoms. The topological polar surface area (TPSA) is 75.9 Å². The van der Waals surface area contributed by atoms with Crippen molar-refractivity contribution in [1.29, 1.82) is 0 Å². The summed E-state index contributed by atoms with van der Waals surface area (Å²) < 4.78 is 0. The molecule has 5 heteroatoms. The average Bonchev–Trinajstić information content (AvgIpc) is 2.43. The van der Waals surface area contributed by atoms with Crippen LogP contribution < -0.4 is 16.4 Å². The summed E-state index contributed by atoms with van der Waals surface area (Å²) in [7, 11) is 0. The van der Waals surface area contributed by atoms with Crippen LogP contribution in [0.15, 0.2) is 6.07 Å². The molecule has 5 nitrogen and oxygen atoms in total. The fourth-order valence-electron chi connectivity index (χ4n) is 2.02. The van der Waals surface area contributed by atoms with E-state index in [0.717, 1.165) is 31.1 Å². The number of nitrogen functional groups attached to an aromatic ring is 1. The Bertz CT molecular complexity index is 367. The summed E-state index contributed by atoms with van der Waals surface area (Å²) in [4.78, 5) is 8.37. The highest BCUT2D eigenvalue weighted by molar-refractivity contribution is 5.50. The van der Waals surface area contributed by atoms with Crippen LogP contribution in [0.25, 0.3) is 0 Å². The highest BCUT2D eigenvalue weighted by atomic mass is 15.1. The zero-order chi connectivity index (χ0) is 14.6. The second-order valence-corrected chi connectivity index (χ2v) is 5.12. The minimum Gasteiger partial charge on any atom is -0.370 e. The van der Waals surface area contributed by atoms with Crippen molar-refractivity contribution in [3.8, 4) is 0 Å². The molecule has 0 aromatic carbocycles. The molecule has 0 saturated carbocycles. The van der Waals surface area contributed by atoms with E-state index in [1.54, 1.807) is 0 Å². The third-order valence-electron chi connectivity index (χ3n) is 3.14. The number of rotatable bonds is 11. The van der Waals surface area contributed by atoms with Crippen LogP contribution in [0, 0.1) is 0 Å². The number of nitrogens with zero attached hydrogens (tertiary/aromatic N) is 2. The van der Waals surface area contributed by atoms with Crippen LogP contribution >= 0.6 is 0 Å². The third kappa shape index (κ3) is 7.16. The number of unbranched alkanes of at least 4 members (excludes halogenated alkanes) is 5. The van der Waals surface area contributed by atoms with Gasteiger partial charge >= 0.3 is 0 Å². The zero-order valence-corrected chi connectivity index (χ0v) is 12.9. The van der Waals surface area contributed by atoms with Gasteiger partial charge < -0.3 is 16.4 Å². The van der Waals surface area contributed by atoms with Gasteiger partial charge in [-0.05, 0) is 12.8 Å².